The Morgan fingerprint density at radius 1 is 1.06 bits per heavy atom. The first-order valence-corrected chi connectivity index (χ1v) is 13.3. The van der Waals surface area contributed by atoms with E-state index in [1.165, 1.54) is 19.3 Å². The van der Waals surface area contributed by atoms with Crippen LogP contribution in [0.2, 0.25) is 0 Å². The van der Waals surface area contributed by atoms with E-state index in [0.717, 1.165) is 24.2 Å². The largest absolute Gasteiger partial charge is 0.497 e. The van der Waals surface area contributed by atoms with Crippen LogP contribution in [0.1, 0.15) is 77.7 Å². The maximum atomic E-state index is 12.9. The van der Waals surface area contributed by atoms with Crippen molar-refractivity contribution < 1.29 is 24.5 Å². The van der Waals surface area contributed by atoms with Crippen molar-refractivity contribution in [2.75, 3.05) is 13.7 Å². The van der Waals surface area contributed by atoms with Gasteiger partial charge in [0.25, 0.3) is 0 Å². The van der Waals surface area contributed by atoms with Gasteiger partial charge < -0.3 is 25.6 Å². The van der Waals surface area contributed by atoms with Crippen LogP contribution >= 0.6 is 0 Å². The van der Waals surface area contributed by atoms with Gasteiger partial charge in [0.2, 0.25) is 11.8 Å². The molecule has 4 N–H and O–H groups in total. The van der Waals surface area contributed by atoms with Crippen molar-refractivity contribution in [1.82, 2.24) is 10.6 Å². The van der Waals surface area contributed by atoms with Crippen molar-refractivity contribution in [2.24, 2.45) is 17.8 Å². The van der Waals surface area contributed by atoms with Crippen LogP contribution in [-0.2, 0) is 16.0 Å². The van der Waals surface area contributed by atoms with Crippen LogP contribution in [-0.4, -0.2) is 53.9 Å². The third kappa shape index (κ3) is 10.6. The summed E-state index contributed by atoms with van der Waals surface area (Å²) in [5, 5.41) is 27.3. The smallest absolute Gasteiger partial charge is 0.224 e. The molecule has 1 saturated carbocycles. The highest BCUT2D eigenvalue weighted by Crippen LogP contribution is 2.29. The monoisotopic (exact) mass is 490 g/mol. The molecule has 0 unspecified atom stereocenters. The number of carbonyl (C=O) groups excluding carboxylic acids is 2. The summed E-state index contributed by atoms with van der Waals surface area (Å²) in [5.41, 5.74) is 1.05. The molecule has 1 aromatic rings. The summed E-state index contributed by atoms with van der Waals surface area (Å²) < 4.78 is 5.15. The van der Waals surface area contributed by atoms with Crippen molar-refractivity contribution in [3.05, 3.63) is 29.8 Å². The van der Waals surface area contributed by atoms with Gasteiger partial charge in [-0.1, -0.05) is 65.0 Å². The molecular formula is C28H46N2O5. The normalized spacial score (nSPS) is 17.9. The Bertz CT molecular complexity index is 761. The van der Waals surface area contributed by atoms with E-state index in [0.29, 0.717) is 31.6 Å². The lowest BCUT2D eigenvalue weighted by Crippen LogP contribution is -2.52. The molecule has 7 heteroatoms. The first-order chi connectivity index (χ1) is 16.7. The number of benzene rings is 1. The molecule has 0 radical (unpaired) electrons. The lowest BCUT2D eigenvalue weighted by molar-refractivity contribution is -0.127. The third-order valence-electron chi connectivity index (χ3n) is 7.01. The van der Waals surface area contributed by atoms with Crippen LogP contribution in [0.25, 0.3) is 0 Å². The standard InChI is InChI=1S/C28H46N2O5/c1-19(2)16-25(31)27(33)24(17-22-8-6-5-7-9-22)30-28(34)20(3)18-29-26(32)15-12-21-10-13-23(35-4)14-11-21/h10-11,13-14,19-20,22,24-25,27,31,33H,5-9,12,15-18H2,1-4H3,(H,29,32)(H,30,34)/t20-,24-,25-,27+/m0/s1. The van der Waals surface area contributed by atoms with Crippen LogP contribution in [0.4, 0.5) is 0 Å². The Kier molecular flexibility index (Phi) is 12.6. The lowest BCUT2D eigenvalue weighted by atomic mass is 9.82. The van der Waals surface area contributed by atoms with Gasteiger partial charge in [-0.15, -0.1) is 0 Å². The number of nitrogens with one attached hydrogen (secondary N) is 2. The first-order valence-electron chi connectivity index (χ1n) is 13.3. The predicted octanol–water partition coefficient (Wildman–Crippen LogP) is 3.60. The van der Waals surface area contributed by atoms with E-state index >= 15 is 0 Å². The minimum Gasteiger partial charge on any atom is -0.497 e. The molecule has 2 rings (SSSR count). The van der Waals surface area contributed by atoms with Gasteiger partial charge in [-0.25, -0.2) is 0 Å². The summed E-state index contributed by atoms with van der Waals surface area (Å²) >= 11 is 0. The van der Waals surface area contributed by atoms with Crippen LogP contribution in [0, 0.1) is 17.8 Å². The number of aryl methyl sites for hydroxylation is 1. The van der Waals surface area contributed by atoms with Crippen molar-refractivity contribution >= 4 is 11.8 Å². The highest BCUT2D eigenvalue weighted by Gasteiger charge is 2.32. The maximum Gasteiger partial charge on any atom is 0.224 e. The molecule has 0 saturated heterocycles. The second-order valence-electron chi connectivity index (χ2n) is 10.6. The summed E-state index contributed by atoms with van der Waals surface area (Å²) in [6.07, 6.45) is 6.00. The van der Waals surface area contributed by atoms with Crippen LogP contribution in [0.3, 0.4) is 0 Å². The van der Waals surface area contributed by atoms with Gasteiger partial charge in [0.1, 0.15) is 11.9 Å². The van der Waals surface area contributed by atoms with Gasteiger partial charge in [-0.3, -0.25) is 9.59 Å². The molecule has 0 aliphatic heterocycles. The molecule has 198 valence electrons. The van der Waals surface area contributed by atoms with Gasteiger partial charge in [0.15, 0.2) is 0 Å². The highest BCUT2D eigenvalue weighted by molar-refractivity contribution is 5.81. The van der Waals surface area contributed by atoms with E-state index in [1.54, 1.807) is 14.0 Å². The Morgan fingerprint density at radius 3 is 2.31 bits per heavy atom. The van der Waals surface area contributed by atoms with Gasteiger partial charge in [0, 0.05) is 13.0 Å². The summed E-state index contributed by atoms with van der Waals surface area (Å²) in [5.74, 6) is 0.717. The quantitative estimate of drug-likeness (QED) is 0.319. The maximum absolute atomic E-state index is 12.9. The topological polar surface area (TPSA) is 108 Å². The predicted molar refractivity (Wildman–Crippen MR) is 138 cm³/mol. The van der Waals surface area contributed by atoms with E-state index < -0.39 is 24.2 Å². The summed E-state index contributed by atoms with van der Waals surface area (Å²) in [4.78, 5) is 25.2. The lowest BCUT2D eigenvalue weighted by Gasteiger charge is -2.33. The number of aliphatic hydroxyl groups excluding tert-OH is 2. The fraction of sp³-hybridized carbons (Fsp3) is 0.714. The van der Waals surface area contributed by atoms with E-state index in [4.69, 9.17) is 4.74 Å². The number of hydrogen-bond acceptors (Lipinski definition) is 5. The highest BCUT2D eigenvalue weighted by atomic mass is 16.5. The summed E-state index contributed by atoms with van der Waals surface area (Å²) in [7, 11) is 1.62. The van der Waals surface area contributed by atoms with E-state index in [2.05, 4.69) is 10.6 Å². The summed E-state index contributed by atoms with van der Waals surface area (Å²) in [6.45, 7) is 6.01. The molecule has 4 atom stereocenters. The zero-order valence-corrected chi connectivity index (χ0v) is 22.0. The number of methoxy groups -OCH3 is 1. The van der Waals surface area contributed by atoms with Crippen LogP contribution in [0.15, 0.2) is 24.3 Å². The molecule has 35 heavy (non-hydrogen) atoms. The van der Waals surface area contributed by atoms with Gasteiger partial charge in [0.05, 0.1) is 25.2 Å². The van der Waals surface area contributed by atoms with Gasteiger partial charge in [-0.05, 0) is 48.8 Å². The third-order valence-corrected chi connectivity index (χ3v) is 7.01. The Hall–Kier alpha value is -2.12. The Balaban J connectivity index is 1.85. The number of amides is 2. The second kappa shape index (κ2) is 15.1. The molecule has 1 aliphatic rings. The molecule has 1 fully saturated rings. The Morgan fingerprint density at radius 2 is 1.71 bits per heavy atom. The number of carbonyl (C=O) groups is 2. The van der Waals surface area contributed by atoms with E-state index in [9.17, 15) is 19.8 Å². The molecular weight excluding hydrogens is 444 g/mol. The molecule has 0 aromatic heterocycles. The molecule has 0 bridgehead atoms. The molecule has 2 amide bonds. The second-order valence-corrected chi connectivity index (χ2v) is 10.6. The molecule has 7 nitrogen and oxygen atoms in total. The van der Waals surface area contributed by atoms with E-state index in [-0.39, 0.29) is 24.3 Å². The van der Waals surface area contributed by atoms with Crippen molar-refractivity contribution in [3.63, 3.8) is 0 Å². The SMILES string of the molecule is COc1ccc(CCC(=O)NC[C@H](C)C(=O)N[C@@H](CC2CCCCC2)[C@@H](O)[C@@H](O)CC(C)C)cc1. The fourth-order valence-electron chi connectivity index (χ4n) is 4.78. The summed E-state index contributed by atoms with van der Waals surface area (Å²) in [6, 6.07) is 7.13. The fourth-order valence-corrected chi connectivity index (χ4v) is 4.78. The number of aliphatic hydroxyl groups is 2. The minimum atomic E-state index is -1.01. The molecule has 1 aliphatic carbocycles. The van der Waals surface area contributed by atoms with Gasteiger partial charge in [-0.2, -0.15) is 0 Å². The molecule has 1 aromatic carbocycles. The van der Waals surface area contributed by atoms with Crippen LogP contribution in [0.5, 0.6) is 5.75 Å². The number of hydrogen-bond donors (Lipinski definition) is 4. The van der Waals surface area contributed by atoms with Crippen molar-refractivity contribution in [3.8, 4) is 5.75 Å². The first kappa shape index (κ1) is 29.1. The average Bonchev–Trinajstić information content (AvgIpc) is 2.85. The average molecular weight is 491 g/mol. The van der Waals surface area contributed by atoms with E-state index in [1.807, 2.05) is 38.1 Å². The number of ether oxygens (including phenoxy) is 1. The zero-order chi connectivity index (χ0) is 25.8. The molecule has 0 spiro atoms. The number of rotatable bonds is 14. The minimum absolute atomic E-state index is 0.105. The van der Waals surface area contributed by atoms with Crippen molar-refractivity contribution in [2.45, 2.75) is 96.8 Å². The van der Waals surface area contributed by atoms with Gasteiger partial charge >= 0.3 is 0 Å². The van der Waals surface area contributed by atoms with Crippen molar-refractivity contribution in [1.29, 1.82) is 0 Å². The molecule has 0 heterocycles. The van der Waals surface area contributed by atoms with Crippen LogP contribution < -0.4 is 15.4 Å². The zero-order valence-electron chi connectivity index (χ0n) is 22.0. The Labute approximate surface area is 211 Å².